The second-order valence-corrected chi connectivity index (χ2v) is 3.69. The minimum atomic E-state index is -0.908. The van der Waals surface area contributed by atoms with Crippen molar-refractivity contribution in [2.75, 3.05) is 6.61 Å². The second kappa shape index (κ2) is 3.00. The van der Waals surface area contributed by atoms with Crippen LogP contribution in [0.15, 0.2) is 24.3 Å². The molecule has 72 valence electrons. The number of fused-ring (bicyclic) bond motifs is 1. The van der Waals surface area contributed by atoms with Crippen LogP contribution < -0.4 is 10.5 Å². The summed E-state index contributed by atoms with van der Waals surface area (Å²) >= 11 is 0. The largest absolute Gasteiger partial charge is 0.493 e. The van der Waals surface area contributed by atoms with Gasteiger partial charge in [0.15, 0.2) is 0 Å². The highest BCUT2D eigenvalue weighted by Crippen LogP contribution is 2.37. The minimum Gasteiger partial charge on any atom is -0.493 e. The van der Waals surface area contributed by atoms with Crippen molar-refractivity contribution >= 4 is 0 Å². The van der Waals surface area contributed by atoms with Crippen LogP contribution in [0.1, 0.15) is 12.5 Å². The van der Waals surface area contributed by atoms with E-state index in [1.165, 1.54) is 0 Å². The van der Waals surface area contributed by atoms with E-state index < -0.39 is 5.54 Å². The summed E-state index contributed by atoms with van der Waals surface area (Å²) in [5.41, 5.74) is 5.96. The first-order valence-electron chi connectivity index (χ1n) is 4.61. The van der Waals surface area contributed by atoms with E-state index in [1.807, 2.05) is 31.2 Å². The van der Waals surface area contributed by atoms with Crippen LogP contribution in [0.5, 0.6) is 5.75 Å². The van der Waals surface area contributed by atoms with Crippen LogP contribution in [0, 0.1) is 17.2 Å². The number of hydrogen-bond donors (Lipinski definition) is 1. The lowest BCUT2D eigenvalue weighted by Gasteiger charge is -2.35. The number of benzene rings is 1. The van der Waals surface area contributed by atoms with Gasteiger partial charge < -0.3 is 10.5 Å². The van der Waals surface area contributed by atoms with Crippen molar-refractivity contribution in [3.05, 3.63) is 29.8 Å². The van der Waals surface area contributed by atoms with Crippen molar-refractivity contribution in [1.82, 2.24) is 0 Å². The number of hydrogen-bond acceptors (Lipinski definition) is 3. The average molecular weight is 188 g/mol. The lowest BCUT2D eigenvalue weighted by Crippen LogP contribution is -2.47. The monoisotopic (exact) mass is 188 g/mol. The zero-order valence-electron chi connectivity index (χ0n) is 8.03. The number of nitriles is 1. The Morgan fingerprint density at radius 2 is 2.29 bits per heavy atom. The molecule has 1 aliphatic rings. The Bertz CT molecular complexity index is 397. The van der Waals surface area contributed by atoms with Gasteiger partial charge in [-0.15, -0.1) is 0 Å². The zero-order valence-corrected chi connectivity index (χ0v) is 8.03. The molecule has 3 nitrogen and oxygen atoms in total. The predicted octanol–water partition coefficient (Wildman–Crippen LogP) is 1.39. The van der Waals surface area contributed by atoms with Crippen molar-refractivity contribution in [2.24, 2.45) is 11.7 Å². The number of para-hydroxylation sites is 1. The Balaban J connectivity index is 2.59. The lowest BCUT2D eigenvalue weighted by molar-refractivity contribution is 0.176. The molecule has 1 aliphatic heterocycles. The summed E-state index contributed by atoms with van der Waals surface area (Å²) in [5.74, 6) is 0.747. The molecule has 1 aromatic carbocycles. The van der Waals surface area contributed by atoms with Gasteiger partial charge in [-0.3, -0.25) is 0 Å². The summed E-state index contributed by atoms with van der Waals surface area (Å²) in [4.78, 5) is 0. The molecule has 14 heavy (non-hydrogen) atoms. The van der Waals surface area contributed by atoms with E-state index in [4.69, 9.17) is 15.7 Å². The Hall–Kier alpha value is -1.53. The number of ether oxygens (including phenoxy) is 1. The SMILES string of the molecule is CC1COc2ccccc2C1(N)C#N. The van der Waals surface area contributed by atoms with Gasteiger partial charge in [0.25, 0.3) is 0 Å². The smallest absolute Gasteiger partial charge is 0.139 e. The predicted molar refractivity (Wildman–Crippen MR) is 52.6 cm³/mol. The van der Waals surface area contributed by atoms with Crippen LogP contribution >= 0.6 is 0 Å². The van der Waals surface area contributed by atoms with E-state index in [9.17, 15) is 0 Å². The normalized spacial score (nSPS) is 29.9. The Morgan fingerprint density at radius 3 is 3.00 bits per heavy atom. The van der Waals surface area contributed by atoms with Crippen molar-refractivity contribution in [3.8, 4) is 11.8 Å². The lowest BCUT2D eigenvalue weighted by atomic mass is 9.79. The van der Waals surface area contributed by atoms with Crippen LogP contribution in [0.25, 0.3) is 0 Å². The molecule has 0 aromatic heterocycles. The number of nitrogens with two attached hydrogens (primary N) is 1. The molecule has 0 saturated heterocycles. The highest BCUT2D eigenvalue weighted by Gasteiger charge is 2.40. The standard InChI is InChI=1S/C11H12N2O/c1-8-6-14-10-5-3-2-4-9(10)11(8,13)7-12/h2-5,8H,6,13H2,1H3. The van der Waals surface area contributed by atoms with Crippen LogP contribution in [0.4, 0.5) is 0 Å². The van der Waals surface area contributed by atoms with Gasteiger partial charge in [0, 0.05) is 11.5 Å². The van der Waals surface area contributed by atoms with Crippen molar-refractivity contribution in [2.45, 2.75) is 12.5 Å². The first-order valence-corrected chi connectivity index (χ1v) is 4.61. The maximum atomic E-state index is 9.14. The van der Waals surface area contributed by atoms with Crippen molar-refractivity contribution < 1.29 is 4.74 Å². The fourth-order valence-corrected chi connectivity index (χ4v) is 1.72. The van der Waals surface area contributed by atoms with E-state index in [2.05, 4.69) is 6.07 Å². The fraction of sp³-hybridized carbons (Fsp3) is 0.364. The Labute approximate surface area is 83.1 Å². The molecule has 2 unspecified atom stereocenters. The minimum absolute atomic E-state index is 0.0161. The van der Waals surface area contributed by atoms with E-state index in [0.29, 0.717) is 6.61 Å². The zero-order chi connectivity index (χ0) is 10.2. The first kappa shape index (κ1) is 9.04. The van der Waals surface area contributed by atoms with Gasteiger partial charge in [0.1, 0.15) is 11.3 Å². The molecule has 1 heterocycles. The maximum absolute atomic E-state index is 9.14. The number of rotatable bonds is 0. The molecule has 2 atom stereocenters. The third kappa shape index (κ3) is 1.08. The third-order valence-electron chi connectivity index (χ3n) is 2.78. The van der Waals surface area contributed by atoms with Gasteiger partial charge in [-0.1, -0.05) is 25.1 Å². The van der Waals surface area contributed by atoms with Crippen molar-refractivity contribution in [3.63, 3.8) is 0 Å². The summed E-state index contributed by atoms with van der Waals surface area (Å²) in [7, 11) is 0. The molecule has 3 heteroatoms. The molecular weight excluding hydrogens is 176 g/mol. The fourth-order valence-electron chi connectivity index (χ4n) is 1.72. The molecule has 0 saturated carbocycles. The summed E-state index contributed by atoms with van der Waals surface area (Å²) in [6.07, 6.45) is 0. The molecule has 2 N–H and O–H groups in total. The third-order valence-corrected chi connectivity index (χ3v) is 2.78. The van der Waals surface area contributed by atoms with Gasteiger partial charge in [0.2, 0.25) is 0 Å². The number of nitrogens with zero attached hydrogens (tertiary/aromatic N) is 1. The van der Waals surface area contributed by atoms with Gasteiger partial charge >= 0.3 is 0 Å². The topological polar surface area (TPSA) is 59.0 Å². The van der Waals surface area contributed by atoms with Crippen LogP contribution in [-0.2, 0) is 5.54 Å². The van der Waals surface area contributed by atoms with Gasteiger partial charge in [-0.25, -0.2) is 0 Å². The quantitative estimate of drug-likeness (QED) is 0.669. The van der Waals surface area contributed by atoms with Crippen LogP contribution in [0.3, 0.4) is 0 Å². The first-order chi connectivity index (χ1) is 6.68. The molecule has 1 aromatic rings. The molecule has 0 amide bonds. The molecule has 0 fully saturated rings. The van der Waals surface area contributed by atoms with Crippen LogP contribution in [0.2, 0.25) is 0 Å². The molecule has 0 radical (unpaired) electrons. The van der Waals surface area contributed by atoms with E-state index in [0.717, 1.165) is 11.3 Å². The molecular formula is C11H12N2O. The molecule has 2 rings (SSSR count). The van der Waals surface area contributed by atoms with Gasteiger partial charge in [-0.2, -0.15) is 5.26 Å². The van der Waals surface area contributed by atoms with Crippen LogP contribution in [-0.4, -0.2) is 6.61 Å². The van der Waals surface area contributed by atoms with E-state index in [1.54, 1.807) is 0 Å². The summed E-state index contributed by atoms with van der Waals surface area (Å²) in [6, 6.07) is 9.64. The summed E-state index contributed by atoms with van der Waals surface area (Å²) in [5, 5.41) is 9.14. The van der Waals surface area contributed by atoms with E-state index >= 15 is 0 Å². The molecule has 0 aliphatic carbocycles. The second-order valence-electron chi connectivity index (χ2n) is 3.69. The molecule has 0 bridgehead atoms. The molecule has 0 spiro atoms. The van der Waals surface area contributed by atoms with E-state index in [-0.39, 0.29) is 5.92 Å². The average Bonchev–Trinajstić information content (AvgIpc) is 2.24. The summed E-state index contributed by atoms with van der Waals surface area (Å²) in [6.45, 7) is 2.43. The Kier molecular flexibility index (Phi) is 1.94. The summed E-state index contributed by atoms with van der Waals surface area (Å²) < 4.78 is 5.50. The van der Waals surface area contributed by atoms with Gasteiger partial charge in [-0.05, 0) is 6.07 Å². The Morgan fingerprint density at radius 1 is 1.57 bits per heavy atom. The highest BCUT2D eigenvalue weighted by atomic mass is 16.5. The van der Waals surface area contributed by atoms with Gasteiger partial charge in [0.05, 0.1) is 12.7 Å². The maximum Gasteiger partial charge on any atom is 0.139 e. The highest BCUT2D eigenvalue weighted by molar-refractivity contribution is 5.45. The van der Waals surface area contributed by atoms with Crippen molar-refractivity contribution in [1.29, 1.82) is 5.26 Å².